The number of hydrogen-bond donors (Lipinski definition) is 1. The summed E-state index contributed by atoms with van der Waals surface area (Å²) < 4.78 is 7.99. The van der Waals surface area contributed by atoms with Crippen LogP contribution in [0.5, 0.6) is 0 Å². The molecule has 0 bridgehead atoms. The summed E-state index contributed by atoms with van der Waals surface area (Å²) in [6, 6.07) is 0.277. The molecule has 5 nitrogen and oxygen atoms in total. The van der Waals surface area contributed by atoms with Crippen molar-refractivity contribution in [2.75, 3.05) is 33.3 Å². The predicted molar refractivity (Wildman–Crippen MR) is 85.6 cm³/mol. The third-order valence-electron chi connectivity index (χ3n) is 4.15. The van der Waals surface area contributed by atoms with Gasteiger partial charge in [-0.3, -0.25) is 9.58 Å². The molecule has 0 amide bonds. The molecule has 1 fully saturated rings. The summed E-state index contributed by atoms with van der Waals surface area (Å²) in [5.74, 6) is 0. The first-order valence-electron chi connectivity index (χ1n) is 7.92. The number of rotatable bonds is 4. The molecule has 120 valence electrons. The minimum absolute atomic E-state index is 0.0393. The van der Waals surface area contributed by atoms with Gasteiger partial charge >= 0.3 is 0 Å². The van der Waals surface area contributed by atoms with Crippen molar-refractivity contribution in [1.29, 1.82) is 0 Å². The van der Waals surface area contributed by atoms with Crippen molar-refractivity contribution in [2.24, 2.45) is 7.05 Å². The van der Waals surface area contributed by atoms with Gasteiger partial charge in [0.1, 0.15) is 0 Å². The van der Waals surface area contributed by atoms with Crippen LogP contribution in [0.3, 0.4) is 0 Å². The largest absolute Gasteiger partial charge is 0.374 e. The predicted octanol–water partition coefficient (Wildman–Crippen LogP) is 1.70. The molecular formula is C16H30N4O. The Morgan fingerprint density at radius 1 is 1.43 bits per heavy atom. The summed E-state index contributed by atoms with van der Waals surface area (Å²) in [7, 11) is 3.99. The van der Waals surface area contributed by atoms with Gasteiger partial charge in [-0.25, -0.2) is 0 Å². The van der Waals surface area contributed by atoms with Gasteiger partial charge in [-0.1, -0.05) is 27.7 Å². The minimum atomic E-state index is 0.0393. The summed E-state index contributed by atoms with van der Waals surface area (Å²) in [6.45, 7) is 12.6. The van der Waals surface area contributed by atoms with Gasteiger partial charge in [-0.2, -0.15) is 5.10 Å². The quantitative estimate of drug-likeness (QED) is 0.918. The summed E-state index contributed by atoms with van der Waals surface area (Å²) in [5, 5.41) is 8.00. The Balaban J connectivity index is 2.43. The van der Waals surface area contributed by atoms with Gasteiger partial charge in [0.25, 0.3) is 0 Å². The molecule has 0 radical (unpaired) electrons. The van der Waals surface area contributed by atoms with Crippen molar-refractivity contribution in [3.8, 4) is 0 Å². The lowest BCUT2D eigenvalue weighted by Crippen LogP contribution is -2.49. The highest BCUT2D eigenvalue weighted by atomic mass is 16.5. The van der Waals surface area contributed by atoms with Crippen molar-refractivity contribution in [3.05, 3.63) is 17.5 Å². The van der Waals surface area contributed by atoms with Gasteiger partial charge in [0.15, 0.2) is 0 Å². The maximum atomic E-state index is 6.05. The van der Waals surface area contributed by atoms with Gasteiger partial charge in [0.05, 0.1) is 24.4 Å². The van der Waals surface area contributed by atoms with Crippen molar-refractivity contribution in [3.63, 3.8) is 0 Å². The average Bonchev–Trinajstić information content (AvgIpc) is 2.80. The lowest BCUT2D eigenvalue weighted by atomic mass is 9.85. The molecule has 0 aromatic carbocycles. The van der Waals surface area contributed by atoms with Gasteiger partial charge in [-0.05, 0) is 13.6 Å². The maximum absolute atomic E-state index is 6.05. The van der Waals surface area contributed by atoms with Gasteiger partial charge < -0.3 is 10.1 Å². The molecule has 1 aliphatic rings. The second kappa shape index (κ2) is 6.46. The molecule has 1 aliphatic heterocycles. The zero-order valence-electron chi connectivity index (χ0n) is 14.3. The van der Waals surface area contributed by atoms with Crippen molar-refractivity contribution in [2.45, 2.75) is 45.3 Å². The van der Waals surface area contributed by atoms with E-state index in [4.69, 9.17) is 9.84 Å². The van der Waals surface area contributed by atoms with Gasteiger partial charge in [-0.15, -0.1) is 0 Å². The van der Waals surface area contributed by atoms with E-state index >= 15 is 0 Å². The van der Waals surface area contributed by atoms with Crippen LogP contribution in [-0.4, -0.2) is 54.1 Å². The first kappa shape index (κ1) is 16.5. The van der Waals surface area contributed by atoms with Crippen LogP contribution in [0.2, 0.25) is 0 Å². The van der Waals surface area contributed by atoms with Crippen LogP contribution in [-0.2, 0) is 17.2 Å². The molecule has 1 saturated heterocycles. The summed E-state index contributed by atoms with van der Waals surface area (Å²) in [4.78, 5) is 2.51. The average molecular weight is 294 g/mol. The molecule has 21 heavy (non-hydrogen) atoms. The van der Waals surface area contributed by atoms with E-state index in [1.807, 2.05) is 18.8 Å². The Morgan fingerprint density at radius 2 is 2.14 bits per heavy atom. The third-order valence-corrected chi connectivity index (χ3v) is 4.15. The standard InChI is InChI=1S/C16H30N4O/c1-7-20-8-9-21-13(10-17-5)14(20)12-11-19(6)18-15(12)16(2,3)4/h11,13-14,17H,7-10H2,1-6H3. The molecule has 1 aromatic rings. The number of aromatic nitrogens is 2. The highest BCUT2D eigenvalue weighted by Crippen LogP contribution is 2.35. The van der Waals surface area contributed by atoms with Crippen LogP contribution in [0.15, 0.2) is 6.20 Å². The molecule has 0 spiro atoms. The van der Waals surface area contributed by atoms with Crippen LogP contribution in [0, 0.1) is 0 Å². The number of nitrogens with one attached hydrogen (secondary N) is 1. The van der Waals surface area contributed by atoms with E-state index in [1.54, 1.807) is 0 Å². The van der Waals surface area contributed by atoms with Crippen LogP contribution in [0.1, 0.15) is 45.0 Å². The Labute approximate surface area is 128 Å². The van der Waals surface area contributed by atoms with E-state index in [1.165, 1.54) is 11.3 Å². The smallest absolute Gasteiger partial charge is 0.0897 e. The molecule has 0 aliphatic carbocycles. The number of aryl methyl sites for hydroxylation is 1. The fourth-order valence-corrected chi connectivity index (χ4v) is 3.22. The van der Waals surface area contributed by atoms with Crippen molar-refractivity contribution in [1.82, 2.24) is 20.0 Å². The van der Waals surface area contributed by atoms with Crippen LogP contribution in [0.25, 0.3) is 0 Å². The van der Waals surface area contributed by atoms with E-state index in [0.29, 0.717) is 0 Å². The molecule has 2 atom stereocenters. The number of ether oxygens (including phenoxy) is 1. The topological polar surface area (TPSA) is 42.3 Å². The SMILES string of the molecule is CCN1CCOC(CNC)C1c1cn(C)nc1C(C)(C)C. The summed E-state index contributed by atoms with van der Waals surface area (Å²) >= 11 is 0. The first-order valence-corrected chi connectivity index (χ1v) is 7.92. The fourth-order valence-electron chi connectivity index (χ4n) is 3.22. The van der Waals surface area contributed by atoms with E-state index in [0.717, 1.165) is 26.2 Å². The molecule has 2 rings (SSSR count). The lowest BCUT2D eigenvalue weighted by Gasteiger charge is -2.41. The van der Waals surface area contributed by atoms with Gasteiger partial charge in [0, 0.05) is 37.3 Å². The summed E-state index contributed by atoms with van der Waals surface area (Å²) in [5.41, 5.74) is 2.53. The molecular weight excluding hydrogens is 264 g/mol. The van der Waals surface area contributed by atoms with E-state index in [2.05, 4.69) is 44.1 Å². The third kappa shape index (κ3) is 3.47. The monoisotopic (exact) mass is 294 g/mol. The first-order chi connectivity index (χ1) is 9.88. The molecule has 5 heteroatoms. The Hall–Kier alpha value is -0.910. The number of morpholine rings is 1. The minimum Gasteiger partial charge on any atom is -0.374 e. The zero-order valence-corrected chi connectivity index (χ0v) is 14.3. The van der Waals surface area contributed by atoms with E-state index in [9.17, 15) is 0 Å². The number of nitrogens with zero attached hydrogens (tertiary/aromatic N) is 3. The van der Waals surface area contributed by atoms with Gasteiger partial charge in [0.2, 0.25) is 0 Å². The Bertz CT molecular complexity index is 461. The summed E-state index contributed by atoms with van der Waals surface area (Å²) in [6.07, 6.45) is 2.35. The molecule has 1 aromatic heterocycles. The van der Waals surface area contributed by atoms with Crippen molar-refractivity contribution >= 4 is 0 Å². The highest BCUT2D eigenvalue weighted by Gasteiger charge is 2.37. The van der Waals surface area contributed by atoms with Crippen LogP contribution >= 0.6 is 0 Å². The van der Waals surface area contributed by atoms with Crippen LogP contribution in [0.4, 0.5) is 0 Å². The van der Waals surface area contributed by atoms with Crippen LogP contribution < -0.4 is 5.32 Å². The fraction of sp³-hybridized carbons (Fsp3) is 0.812. The second-order valence-electron chi connectivity index (χ2n) is 6.90. The lowest BCUT2D eigenvalue weighted by molar-refractivity contribution is -0.0691. The van der Waals surface area contributed by atoms with Crippen molar-refractivity contribution < 1.29 is 4.74 Å². The zero-order chi connectivity index (χ0) is 15.6. The normalized spacial score (nSPS) is 24.5. The highest BCUT2D eigenvalue weighted by molar-refractivity contribution is 5.29. The second-order valence-corrected chi connectivity index (χ2v) is 6.90. The molecule has 1 N–H and O–H groups in total. The Morgan fingerprint density at radius 3 is 2.71 bits per heavy atom. The molecule has 2 unspecified atom stereocenters. The van der Waals surface area contributed by atoms with E-state index < -0.39 is 0 Å². The molecule has 2 heterocycles. The Kier molecular flexibility index (Phi) is 5.07. The molecule has 0 saturated carbocycles. The number of likely N-dealkylation sites (N-methyl/N-ethyl adjacent to an activating group) is 2. The van der Waals surface area contributed by atoms with E-state index in [-0.39, 0.29) is 17.6 Å². The number of hydrogen-bond acceptors (Lipinski definition) is 4. The maximum Gasteiger partial charge on any atom is 0.0897 e.